The Morgan fingerprint density at radius 3 is 1.92 bits per heavy atom. The standard InChI is InChI=1S/C23H44O2/c1-15(2)19-10-12-22(7,13-11-19)23(25,18(6)24)21-14-17(5)8-9-20(21)16(3)4/h15-21,24-25H,8-14H2,1-7H3/t17-,18?,19?,20+,21-,22?,23?/m0/s1. The van der Waals surface area contributed by atoms with Crippen molar-refractivity contribution < 1.29 is 10.2 Å². The molecule has 0 radical (unpaired) electrons. The lowest BCUT2D eigenvalue weighted by Gasteiger charge is -2.58. The summed E-state index contributed by atoms with van der Waals surface area (Å²) < 4.78 is 0. The quantitative estimate of drug-likeness (QED) is 0.670. The van der Waals surface area contributed by atoms with Crippen molar-refractivity contribution in [2.75, 3.05) is 0 Å². The van der Waals surface area contributed by atoms with E-state index in [-0.39, 0.29) is 11.3 Å². The first kappa shape index (κ1) is 21.2. The van der Waals surface area contributed by atoms with E-state index in [2.05, 4.69) is 41.5 Å². The molecule has 2 saturated carbocycles. The summed E-state index contributed by atoms with van der Waals surface area (Å²) in [5, 5.41) is 23.0. The fraction of sp³-hybridized carbons (Fsp3) is 1.00. The normalized spacial score (nSPS) is 40.9. The molecule has 2 unspecified atom stereocenters. The van der Waals surface area contributed by atoms with Gasteiger partial charge in [-0.2, -0.15) is 0 Å². The van der Waals surface area contributed by atoms with Gasteiger partial charge in [0, 0.05) is 0 Å². The molecular formula is C23H44O2. The van der Waals surface area contributed by atoms with Gasteiger partial charge in [-0.05, 0) is 86.4 Å². The fourth-order valence-corrected chi connectivity index (χ4v) is 6.31. The van der Waals surface area contributed by atoms with Crippen molar-refractivity contribution in [1.82, 2.24) is 0 Å². The predicted molar refractivity (Wildman–Crippen MR) is 106 cm³/mol. The summed E-state index contributed by atoms with van der Waals surface area (Å²) in [7, 11) is 0. The molecule has 2 aliphatic rings. The average Bonchev–Trinajstić information content (AvgIpc) is 2.53. The Hall–Kier alpha value is -0.0800. The van der Waals surface area contributed by atoms with Crippen LogP contribution in [0.4, 0.5) is 0 Å². The summed E-state index contributed by atoms with van der Waals surface area (Å²) in [5.41, 5.74) is -1.13. The minimum absolute atomic E-state index is 0.165. The molecule has 0 spiro atoms. The van der Waals surface area contributed by atoms with Crippen LogP contribution in [0.15, 0.2) is 0 Å². The molecular weight excluding hydrogens is 308 g/mol. The summed E-state index contributed by atoms with van der Waals surface area (Å²) in [6, 6.07) is 0. The van der Waals surface area contributed by atoms with Gasteiger partial charge < -0.3 is 10.2 Å². The number of rotatable bonds is 5. The number of aliphatic hydroxyl groups excluding tert-OH is 1. The van der Waals surface area contributed by atoms with Gasteiger partial charge in [0.2, 0.25) is 0 Å². The molecule has 0 aliphatic heterocycles. The van der Waals surface area contributed by atoms with E-state index in [0.717, 1.165) is 31.1 Å². The van der Waals surface area contributed by atoms with Crippen molar-refractivity contribution in [3.8, 4) is 0 Å². The molecule has 0 saturated heterocycles. The molecule has 2 heteroatoms. The molecule has 0 aromatic heterocycles. The van der Waals surface area contributed by atoms with Gasteiger partial charge >= 0.3 is 0 Å². The van der Waals surface area contributed by atoms with Crippen LogP contribution in [-0.2, 0) is 0 Å². The van der Waals surface area contributed by atoms with Gasteiger partial charge in [0.25, 0.3) is 0 Å². The van der Waals surface area contributed by atoms with Crippen LogP contribution in [0.5, 0.6) is 0 Å². The van der Waals surface area contributed by atoms with E-state index in [0.29, 0.717) is 17.8 Å². The summed E-state index contributed by atoms with van der Waals surface area (Å²) in [6.07, 6.45) is 7.35. The van der Waals surface area contributed by atoms with Crippen LogP contribution in [-0.4, -0.2) is 21.9 Å². The molecule has 148 valence electrons. The van der Waals surface area contributed by atoms with E-state index in [4.69, 9.17) is 0 Å². The zero-order valence-electron chi connectivity index (χ0n) is 17.9. The van der Waals surface area contributed by atoms with E-state index in [1.807, 2.05) is 6.92 Å². The summed E-state index contributed by atoms with van der Waals surface area (Å²) >= 11 is 0. The van der Waals surface area contributed by atoms with Crippen LogP contribution in [0.25, 0.3) is 0 Å². The molecule has 5 atom stereocenters. The molecule has 0 aromatic carbocycles. The molecule has 0 aromatic rings. The number of hydrogen-bond acceptors (Lipinski definition) is 2. The SMILES string of the molecule is CC(C)C1CCC(C)(C(O)(C(C)O)[C@H]2C[C@@H](C)CC[C@@H]2C(C)C)CC1. The smallest absolute Gasteiger partial charge is 0.0986 e. The van der Waals surface area contributed by atoms with Gasteiger partial charge in [0.05, 0.1) is 11.7 Å². The molecule has 0 heterocycles. The van der Waals surface area contributed by atoms with Gasteiger partial charge in [-0.3, -0.25) is 0 Å². The van der Waals surface area contributed by atoms with E-state index in [1.165, 1.54) is 25.7 Å². The van der Waals surface area contributed by atoms with Crippen molar-refractivity contribution in [2.45, 2.75) is 105 Å². The Bertz CT molecular complexity index is 420. The van der Waals surface area contributed by atoms with Gasteiger partial charge in [-0.15, -0.1) is 0 Å². The Morgan fingerprint density at radius 1 is 0.920 bits per heavy atom. The van der Waals surface area contributed by atoms with Crippen LogP contribution >= 0.6 is 0 Å². The maximum Gasteiger partial charge on any atom is 0.0986 e. The fourth-order valence-electron chi connectivity index (χ4n) is 6.31. The molecule has 2 nitrogen and oxygen atoms in total. The van der Waals surface area contributed by atoms with Crippen LogP contribution in [0.2, 0.25) is 0 Å². The molecule has 2 aliphatic carbocycles. The zero-order chi connectivity index (χ0) is 19.0. The van der Waals surface area contributed by atoms with Crippen LogP contribution in [0, 0.1) is 40.9 Å². The Kier molecular flexibility index (Phi) is 6.69. The minimum Gasteiger partial charge on any atom is -0.390 e. The zero-order valence-corrected chi connectivity index (χ0v) is 17.9. The van der Waals surface area contributed by atoms with Gasteiger partial charge in [0.1, 0.15) is 0 Å². The second-order valence-corrected chi connectivity index (χ2v) is 10.6. The summed E-state index contributed by atoms with van der Waals surface area (Å²) in [4.78, 5) is 0. The Balaban J connectivity index is 2.33. The molecule has 2 rings (SSSR count). The Morgan fingerprint density at radius 2 is 1.48 bits per heavy atom. The predicted octanol–water partition coefficient (Wildman–Crippen LogP) is 5.66. The number of hydrogen-bond donors (Lipinski definition) is 2. The maximum absolute atomic E-state index is 12.1. The van der Waals surface area contributed by atoms with Crippen LogP contribution < -0.4 is 0 Å². The van der Waals surface area contributed by atoms with Crippen LogP contribution in [0.1, 0.15) is 93.4 Å². The molecule has 2 fully saturated rings. The molecule has 2 N–H and O–H groups in total. The second-order valence-electron chi connectivity index (χ2n) is 10.6. The third kappa shape index (κ3) is 3.95. The topological polar surface area (TPSA) is 40.5 Å². The van der Waals surface area contributed by atoms with Crippen molar-refractivity contribution >= 4 is 0 Å². The lowest BCUT2D eigenvalue weighted by atomic mass is 9.51. The highest BCUT2D eigenvalue weighted by Crippen LogP contribution is 2.56. The van der Waals surface area contributed by atoms with Gasteiger partial charge in [-0.1, -0.05) is 48.0 Å². The highest BCUT2D eigenvalue weighted by Gasteiger charge is 2.58. The lowest BCUT2D eigenvalue weighted by Crippen LogP contribution is -2.63. The van der Waals surface area contributed by atoms with Gasteiger partial charge in [-0.25, -0.2) is 0 Å². The highest BCUT2D eigenvalue weighted by molar-refractivity contribution is 5.08. The van der Waals surface area contributed by atoms with Crippen LogP contribution in [0.3, 0.4) is 0 Å². The van der Waals surface area contributed by atoms with Crippen molar-refractivity contribution in [3.63, 3.8) is 0 Å². The summed E-state index contributed by atoms with van der Waals surface area (Å²) in [6.45, 7) is 15.7. The lowest BCUT2D eigenvalue weighted by molar-refractivity contribution is -0.218. The summed E-state index contributed by atoms with van der Waals surface area (Å²) in [5.74, 6) is 3.46. The van der Waals surface area contributed by atoms with Gasteiger partial charge in [0.15, 0.2) is 0 Å². The van der Waals surface area contributed by atoms with E-state index >= 15 is 0 Å². The highest BCUT2D eigenvalue weighted by atomic mass is 16.3. The van der Waals surface area contributed by atoms with Crippen molar-refractivity contribution in [3.05, 3.63) is 0 Å². The monoisotopic (exact) mass is 352 g/mol. The third-order valence-electron chi connectivity index (χ3n) is 8.27. The first-order valence-corrected chi connectivity index (χ1v) is 10.9. The van der Waals surface area contributed by atoms with E-state index < -0.39 is 11.7 Å². The Labute approximate surface area is 156 Å². The largest absolute Gasteiger partial charge is 0.390 e. The first-order valence-electron chi connectivity index (χ1n) is 10.9. The molecule has 0 amide bonds. The second kappa shape index (κ2) is 7.89. The van der Waals surface area contributed by atoms with E-state index in [9.17, 15) is 10.2 Å². The molecule has 0 bridgehead atoms. The minimum atomic E-state index is -0.960. The first-order chi connectivity index (χ1) is 11.5. The maximum atomic E-state index is 12.1. The number of aliphatic hydroxyl groups is 2. The van der Waals surface area contributed by atoms with E-state index in [1.54, 1.807) is 0 Å². The average molecular weight is 353 g/mol. The molecule has 25 heavy (non-hydrogen) atoms. The van der Waals surface area contributed by atoms with Crippen molar-refractivity contribution in [1.29, 1.82) is 0 Å². The van der Waals surface area contributed by atoms with Crippen molar-refractivity contribution in [2.24, 2.45) is 40.9 Å². The third-order valence-corrected chi connectivity index (χ3v) is 8.27.